The standard InChI is InChI=1S/C12H21N3O2/c1-11(2,3)9-14-10(15-17-9)13-8-12(4-5-12)6-7-16/h16H,4-8H2,1-3H3,(H,13,15). The molecule has 0 amide bonds. The lowest BCUT2D eigenvalue weighted by atomic mass is 9.97. The van der Waals surface area contributed by atoms with Crippen LogP contribution in [0.25, 0.3) is 0 Å². The molecule has 2 N–H and O–H groups in total. The van der Waals surface area contributed by atoms with Crippen molar-refractivity contribution in [2.24, 2.45) is 5.41 Å². The fraction of sp³-hybridized carbons (Fsp3) is 0.833. The minimum atomic E-state index is -0.116. The Labute approximate surface area is 102 Å². The minimum absolute atomic E-state index is 0.116. The maximum Gasteiger partial charge on any atom is 0.263 e. The van der Waals surface area contributed by atoms with Crippen LogP contribution < -0.4 is 5.32 Å². The molecule has 5 heteroatoms. The Morgan fingerprint density at radius 1 is 1.41 bits per heavy atom. The summed E-state index contributed by atoms with van der Waals surface area (Å²) >= 11 is 0. The molecule has 5 nitrogen and oxygen atoms in total. The molecule has 0 bridgehead atoms. The zero-order valence-electron chi connectivity index (χ0n) is 10.8. The lowest BCUT2D eigenvalue weighted by Gasteiger charge is -2.13. The Bertz CT molecular complexity index is 377. The number of aliphatic hydroxyl groups is 1. The molecule has 1 fully saturated rings. The Balaban J connectivity index is 1.90. The molecule has 0 aromatic carbocycles. The molecule has 0 aliphatic heterocycles. The molecule has 1 aromatic rings. The number of hydrogen-bond donors (Lipinski definition) is 2. The van der Waals surface area contributed by atoms with Crippen LogP contribution in [0.1, 0.15) is 45.9 Å². The topological polar surface area (TPSA) is 71.2 Å². The first-order chi connectivity index (χ1) is 7.95. The first-order valence-electron chi connectivity index (χ1n) is 6.14. The summed E-state index contributed by atoms with van der Waals surface area (Å²) in [6.45, 7) is 7.19. The highest BCUT2D eigenvalue weighted by Gasteiger charge is 2.41. The lowest BCUT2D eigenvalue weighted by molar-refractivity contribution is 0.253. The molecule has 0 spiro atoms. The normalized spacial score (nSPS) is 18.1. The van der Waals surface area contributed by atoms with Crippen molar-refractivity contribution in [1.29, 1.82) is 0 Å². The smallest absolute Gasteiger partial charge is 0.263 e. The van der Waals surface area contributed by atoms with Gasteiger partial charge in [0.2, 0.25) is 5.89 Å². The van der Waals surface area contributed by atoms with Crippen molar-refractivity contribution in [1.82, 2.24) is 10.1 Å². The fourth-order valence-electron chi connectivity index (χ4n) is 1.80. The fourth-order valence-corrected chi connectivity index (χ4v) is 1.80. The monoisotopic (exact) mass is 239 g/mol. The van der Waals surface area contributed by atoms with E-state index in [4.69, 9.17) is 9.63 Å². The summed E-state index contributed by atoms with van der Waals surface area (Å²) in [7, 11) is 0. The van der Waals surface area contributed by atoms with Gasteiger partial charge in [0.1, 0.15) is 0 Å². The van der Waals surface area contributed by atoms with Crippen LogP contribution in [0, 0.1) is 5.41 Å². The van der Waals surface area contributed by atoms with Gasteiger partial charge in [-0.25, -0.2) is 0 Å². The van der Waals surface area contributed by atoms with Crippen molar-refractivity contribution in [2.75, 3.05) is 18.5 Å². The average Bonchev–Trinajstić information content (AvgIpc) is 2.82. The third-order valence-corrected chi connectivity index (χ3v) is 3.29. The molecule has 1 aliphatic carbocycles. The number of hydrogen-bond acceptors (Lipinski definition) is 5. The average molecular weight is 239 g/mol. The van der Waals surface area contributed by atoms with E-state index in [0.717, 1.165) is 13.0 Å². The highest BCUT2D eigenvalue weighted by atomic mass is 16.5. The Kier molecular flexibility index (Phi) is 3.12. The Hall–Kier alpha value is -1.10. The van der Waals surface area contributed by atoms with E-state index in [9.17, 15) is 0 Å². The highest BCUT2D eigenvalue weighted by molar-refractivity contribution is 5.24. The quantitative estimate of drug-likeness (QED) is 0.821. The van der Waals surface area contributed by atoms with Crippen LogP contribution in [0.3, 0.4) is 0 Å². The van der Waals surface area contributed by atoms with Crippen molar-refractivity contribution in [3.8, 4) is 0 Å². The van der Waals surface area contributed by atoms with Gasteiger partial charge in [0, 0.05) is 18.6 Å². The van der Waals surface area contributed by atoms with Gasteiger partial charge in [-0.2, -0.15) is 4.98 Å². The van der Waals surface area contributed by atoms with Crippen LogP contribution in [0.5, 0.6) is 0 Å². The summed E-state index contributed by atoms with van der Waals surface area (Å²) in [5.41, 5.74) is 0.145. The molecule has 96 valence electrons. The second-order valence-corrected chi connectivity index (χ2v) is 6.00. The summed E-state index contributed by atoms with van der Waals surface area (Å²) in [6, 6.07) is 0. The summed E-state index contributed by atoms with van der Waals surface area (Å²) < 4.78 is 5.20. The first-order valence-corrected chi connectivity index (χ1v) is 6.14. The number of rotatable bonds is 5. The van der Waals surface area contributed by atoms with Crippen molar-refractivity contribution in [3.63, 3.8) is 0 Å². The van der Waals surface area contributed by atoms with Gasteiger partial charge < -0.3 is 14.9 Å². The van der Waals surface area contributed by atoms with Crippen molar-refractivity contribution >= 4 is 5.95 Å². The van der Waals surface area contributed by atoms with Crippen LogP contribution in [-0.2, 0) is 5.41 Å². The summed E-state index contributed by atoms with van der Waals surface area (Å²) in [5.74, 6) is 1.20. The van der Waals surface area contributed by atoms with E-state index in [2.05, 4.69) is 15.5 Å². The van der Waals surface area contributed by atoms with Gasteiger partial charge in [-0.1, -0.05) is 20.8 Å². The first kappa shape index (κ1) is 12.4. The van der Waals surface area contributed by atoms with Crippen LogP contribution in [0.2, 0.25) is 0 Å². The number of nitrogens with zero attached hydrogens (tertiary/aromatic N) is 2. The van der Waals surface area contributed by atoms with Gasteiger partial charge in [0.25, 0.3) is 5.95 Å². The Morgan fingerprint density at radius 2 is 2.12 bits per heavy atom. The minimum Gasteiger partial charge on any atom is -0.396 e. The van der Waals surface area contributed by atoms with E-state index >= 15 is 0 Å². The SMILES string of the molecule is CC(C)(C)c1nc(NCC2(CCO)CC2)no1. The zero-order valence-corrected chi connectivity index (χ0v) is 10.8. The molecule has 0 saturated heterocycles. The van der Waals surface area contributed by atoms with Crippen molar-refractivity contribution in [3.05, 3.63) is 5.89 Å². The summed E-state index contributed by atoms with van der Waals surface area (Å²) in [6.07, 6.45) is 3.19. The third-order valence-electron chi connectivity index (χ3n) is 3.29. The second kappa shape index (κ2) is 4.29. The maximum absolute atomic E-state index is 8.97. The van der Waals surface area contributed by atoms with Gasteiger partial charge in [0.05, 0.1) is 0 Å². The maximum atomic E-state index is 8.97. The van der Waals surface area contributed by atoms with Gasteiger partial charge in [-0.05, 0) is 29.8 Å². The molecule has 1 heterocycles. The van der Waals surface area contributed by atoms with Crippen LogP contribution in [0.4, 0.5) is 5.95 Å². The molecule has 17 heavy (non-hydrogen) atoms. The molecule has 0 unspecified atom stereocenters. The molecule has 0 radical (unpaired) electrons. The van der Waals surface area contributed by atoms with Crippen molar-refractivity contribution < 1.29 is 9.63 Å². The molecule has 0 atom stereocenters. The van der Waals surface area contributed by atoms with Crippen LogP contribution >= 0.6 is 0 Å². The molecular formula is C12H21N3O2. The molecule has 1 aliphatic rings. The van der Waals surface area contributed by atoms with E-state index in [0.29, 0.717) is 11.8 Å². The van der Waals surface area contributed by atoms with Crippen molar-refractivity contribution in [2.45, 2.75) is 45.4 Å². The van der Waals surface area contributed by atoms with Gasteiger partial charge in [0.15, 0.2) is 0 Å². The summed E-state index contributed by atoms with van der Waals surface area (Å²) in [5, 5.41) is 16.1. The van der Waals surface area contributed by atoms with E-state index in [-0.39, 0.29) is 17.4 Å². The van der Waals surface area contributed by atoms with E-state index < -0.39 is 0 Å². The van der Waals surface area contributed by atoms with E-state index in [1.807, 2.05) is 20.8 Å². The summed E-state index contributed by atoms with van der Waals surface area (Å²) in [4.78, 5) is 4.32. The largest absolute Gasteiger partial charge is 0.396 e. The molecule has 1 aromatic heterocycles. The second-order valence-electron chi connectivity index (χ2n) is 6.00. The number of nitrogens with one attached hydrogen (secondary N) is 1. The zero-order chi connectivity index (χ0) is 12.5. The Morgan fingerprint density at radius 3 is 2.59 bits per heavy atom. The molecule has 1 saturated carbocycles. The lowest BCUT2D eigenvalue weighted by Crippen LogP contribution is -2.17. The van der Waals surface area contributed by atoms with Gasteiger partial charge in [-0.15, -0.1) is 0 Å². The number of anilines is 1. The number of aliphatic hydroxyl groups excluding tert-OH is 1. The highest BCUT2D eigenvalue weighted by Crippen LogP contribution is 2.48. The van der Waals surface area contributed by atoms with Gasteiger partial charge >= 0.3 is 0 Å². The number of aromatic nitrogens is 2. The van der Waals surface area contributed by atoms with Crippen LogP contribution in [0.15, 0.2) is 4.52 Å². The van der Waals surface area contributed by atoms with E-state index in [1.165, 1.54) is 12.8 Å². The predicted octanol–water partition coefficient (Wildman–Crippen LogP) is 1.94. The van der Waals surface area contributed by atoms with E-state index in [1.54, 1.807) is 0 Å². The third kappa shape index (κ3) is 2.97. The van der Waals surface area contributed by atoms with Gasteiger partial charge in [-0.3, -0.25) is 0 Å². The predicted molar refractivity (Wildman–Crippen MR) is 64.9 cm³/mol. The molecular weight excluding hydrogens is 218 g/mol. The molecule has 2 rings (SSSR count). The van der Waals surface area contributed by atoms with Crippen LogP contribution in [-0.4, -0.2) is 28.4 Å².